The van der Waals surface area contributed by atoms with Crippen molar-refractivity contribution in [2.75, 3.05) is 0 Å². The Labute approximate surface area is 146 Å². The van der Waals surface area contributed by atoms with E-state index < -0.39 is 0 Å². The number of benzene rings is 3. The maximum Gasteiger partial charge on any atom is 0.163 e. The first-order valence-electron chi connectivity index (χ1n) is 8.18. The van der Waals surface area contributed by atoms with Crippen LogP contribution in [0.15, 0.2) is 78.9 Å². The minimum atomic E-state index is 0.0168. The minimum absolute atomic E-state index is 0.0168. The zero-order valence-electron chi connectivity index (χ0n) is 13.8. The van der Waals surface area contributed by atoms with Gasteiger partial charge in [-0.15, -0.1) is 0 Å². The Morgan fingerprint density at radius 1 is 0.800 bits per heavy atom. The SMILES string of the molecule is CC(=O)c1cccc2c1C(c1ccccc1)=C(c1ccccc1)NO2. The molecule has 0 atom stereocenters. The lowest BCUT2D eigenvalue weighted by Crippen LogP contribution is -2.24. The molecular weight excluding hydrogens is 310 g/mol. The molecule has 25 heavy (non-hydrogen) atoms. The first-order valence-corrected chi connectivity index (χ1v) is 8.18. The average Bonchev–Trinajstić information content (AvgIpc) is 2.68. The highest BCUT2D eigenvalue weighted by Gasteiger charge is 2.26. The summed E-state index contributed by atoms with van der Waals surface area (Å²) < 4.78 is 0. The van der Waals surface area contributed by atoms with Crippen LogP contribution in [0.1, 0.15) is 34.0 Å². The number of hydroxylamine groups is 1. The van der Waals surface area contributed by atoms with Gasteiger partial charge in [0.15, 0.2) is 11.5 Å². The second kappa shape index (κ2) is 6.29. The summed E-state index contributed by atoms with van der Waals surface area (Å²) in [6.07, 6.45) is 0. The molecule has 0 radical (unpaired) electrons. The van der Waals surface area contributed by atoms with Gasteiger partial charge < -0.3 is 4.84 Å². The van der Waals surface area contributed by atoms with Crippen LogP contribution in [0.2, 0.25) is 0 Å². The fraction of sp³-hybridized carbons (Fsp3) is 0.0455. The van der Waals surface area contributed by atoms with Crippen LogP contribution in [-0.4, -0.2) is 5.78 Å². The topological polar surface area (TPSA) is 38.3 Å². The fourth-order valence-electron chi connectivity index (χ4n) is 3.15. The predicted molar refractivity (Wildman–Crippen MR) is 99.0 cm³/mol. The zero-order chi connectivity index (χ0) is 17.2. The molecule has 3 aromatic carbocycles. The standard InChI is InChI=1S/C22H17NO2/c1-15(24)18-13-8-14-19-21(18)20(16-9-4-2-5-10-16)22(23-25-19)17-11-6-3-7-12-17/h2-14,23H,1H3. The lowest BCUT2D eigenvalue weighted by atomic mass is 9.88. The largest absolute Gasteiger partial charge is 0.381 e. The average molecular weight is 327 g/mol. The molecule has 3 nitrogen and oxygen atoms in total. The van der Waals surface area contributed by atoms with Crippen LogP contribution in [0.4, 0.5) is 0 Å². The third kappa shape index (κ3) is 2.70. The van der Waals surface area contributed by atoms with E-state index in [0.717, 1.165) is 28.0 Å². The summed E-state index contributed by atoms with van der Waals surface area (Å²) in [7, 11) is 0. The molecule has 0 fully saturated rings. The maximum atomic E-state index is 12.2. The van der Waals surface area contributed by atoms with Crippen LogP contribution >= 0.6 is 0 Å². The molecule has 3 aromatic rings. The number of hydrogen-bond donors (Lipinski definition) is 1. The number of ketones is 1. The molecule has 1 aliphatic rings. The van der Waals surface area contributed by atoms with Gasteiger partial charge in [0.2, 0.25) is 0 Å². The molecule has 0 saturated carbocycles. The number of Topliss-reactive ketones (excluding diaryl/α,β-unsaturated/α-hetero) is 1. The first kappa shape index (κ1) is 15.2. The van der Waals surface area contributed by atoms with Gasteiger partial charge in [-0.1, -0.05) is 72.8 Å². The second-order valence-corrected chi connectivity index (χ2v) is 5.92. The van der Waals surface area contributed by atoms with Crippen molar-refractivity contribution >= 4 is 17.1 Å². The van der Waals surface area contributed by atoms with Gasteiger partial charge in [-0.2, -0.15) is 0 Å². The van der Waals surface area contributed by atoms with Crippen LogP contribution in [0.5, 0.6) is 5.75 Å². The predicted octanol–water partition coefficient (Wildman–Crippen LogP) is 4.70. The number of nitrogens with one attached hydrogen (secondary N) is 1. The highest BCUT2D eigenvalue weighted by molar-refractivity contribution is 6.08. The summed E-state index contributed by atoms with van der Waals surface area (Å²) in [4.78, 5) is 18.0. The van der Waals surface area contributed by atoms with E-state index in [1.807, 2.05) is 78.9 Å². The number of carbonyl (C=O) groups is 1. The molecule has 0 saturated heterocycles. The van der Waals surface area contributed by atoms with Crippen molar-refractivity contribution in [1.29, 1.82) is 0 Å². The Morgan fingerprint density at radius 2 is 1.44 bits per heavy atom. The summed E-state index contributed by atoms with van der Waals surface area (Å²) in [6, 6.07) is 25.6. The van der Waals surface area contributed by atoms with Crippen LogP contribution in [0, 0.1) is 0 Å². The fourth-order valence-corrected chi connectivity index (χ4v) is 3.15. The van der Waals surface area contributed by atoms with E-state index in [1.165, 1.54) is 0 Å². The molecule has 1 N–H and O–H groups in total. The monoisotopic (exact) mass is 327 g/mol. The molecule has 122 valence electrons. The number of fused-ring (bicyclic) bond motifs is 1. The Morgan fingerprint density at radius 3 is 2.08 bits per heavy atom. The van der Waals surface area contributed by atoms with Crippen LogP contribution in [0.25, 0.3) is 11.3 Å². The summed E-state index contributed by atoms with van der Waals surface area (Å²) in [5, 5.41) is 0. The van der Waals surface area contributed by atoms with Crippen molar-refractivity contribution in [3.63, 3.8) is 0 Å². The van der Waals surface area contributed by atoms with Crippen LogP contribution in [0.3, 0.4) is 0 Å². The third-order valence-corrected chi connectivity index (χ3v) is 4.29. The van der Waals surface area contributed by atoms with Gasteiger partial charge in [0.05, 0.1) is 5.70 Å². The molecule has 0 spiro atoms. The molecule has 0 aromatic heterocycles. The van der Waals surface area contributed by atoms with Crippen LogP contribution < -0.4 is 10.3 Å². The normalized spacial score (nSPS) is 12.8. The Hall–Kier alpha value is -3.33. The highest BCUT2D eigenvalue weighted by atomic mass is 16.6. The van der Waals surface area contributed by atoms with Crippen molar-refractivity contribution in [2.45, 2.75) is 6.92 Å². The lowest BCUT2D eigenvalue weighted by Gasteiger charge is -2.26. The number of hydrogen-bond acceptors (Lipinski definition) is 3. The van der Waals surface area contributed by atoms with Gasteiger partial charge in [-0.05, 0) is 18.6 Å². The lowest BCUT2D eigenvalue weighted by molar-refractivity contribution is 0.101. The van der Waals surface area contributed by atoms with Crippen molar-refractivity contribution < 1.29 is 9.63 Å². The van der Waals surface area contributed by atoms with Gasteiger partial charge in [0, 0.05) is 22.3 Å². The van der Waals surface area contributed by atoms with E-state index >= 15 is 0 Å². The van der Waals surface area contributed by atoms with Gasteiger partial charge >= 0.3 is 0 Å². The van der Waals surface area contributed by atoms with Gasteiger partial charge in [0.1, 0.15) is 0 Å². The highest BCUT2D eigenvalue weighted by Crippen LogP contribution is 2.41. The number of rotatable bonds is 3. The van der Waals surface area contributed by atoms with Crippen LogP contribution in [-0.2, 0) is 0 Å². The third-order valence-electron chi connectivity index (χ3n) is 4.29. The van der Waals surface area contributed by atoms with Gasteiger partial charge in [-0.3, -0.25) is 4.79 Å². The second-order valence-electron chi connectivity index (χ2n) is 5.92. The van der Waals surface area contributed by atoms with E-state index in [9.17, 15) is 4.79 Å². The number of carbonyl (C=O) groups excluding carboxylic acids is 1. The molecule has 0 aliphatic carbocycles. The smallest absolute Gasteiger partial charge is 0.163 e. The summed E-state index contributed by atoms with van der Waals surface area (Å²) >= 11 is 0. The molecule has 0 bridgehead atoms. The molecule has 4 rings (SSSR count). The molecule has 0 amide bonds. The molecular formula is C22H17NO2. The van der Waals surface area contributed by atoms with Crippen molar-refractivity contribution in [3.05, 3.63) is 101 Å². The van der Waals surface area contributed by atoms with E-state index in [1.54, 1.807) is 6.92 Å². The summed E-state index contributed by atoms with van der Waals surface area (Å²) in [5.41, 5.74) is 8.43. The first-order chi connectivity index (χ1) is 12.3. The molecule has 1 heterocycles. The quantitative estimate of drug-likeness (QED) is 0.709. The van der Waals surface area contributed by atoms with Gasteiger partial charge in [-0.25, -0.2) is 5.48 Å². The summed E-state index contributed by atoms with van der Waals surface area (Å²) in [5.74, 6) is 0.675. The summed E-state index contributed by atoms with van der Waals surface area (Å²) in [6.45, 7) is 1.59. The van der Waals surface area contributed by atoms with Crippen molar-refractivity contribution in [1.82, 2.24) is 5.48 Å². The Kier molecular flexibility index (Phi) is 3.82. The minimum Gasteiger partial charge on any atom is -0.381 e. The van der Waals surface area contributed by atoms with E-state index in [-0.39, 0.29) is 5.78 Å². The maximum absolute atomic E-state index is 12.2. The Bertz CT molecular complexity index is 960. The zero-order valence-corrected chi connectivity index (χ0v) is 13.8. The van der Waals surface area contributed by atoms with E-state index in [2.05, 4.69) is 5.48 Å². The molecule has 0 unspecified atom stereocenters. The van der Waals surface area contributed by atoms with E-state index in [0.29, 0.717) is 11.3 Å². The Balaban J connectivity index is 2.07. The van der Waals surface area contributed by atoms with Gasteiger partial charge in [0.25, 0.3) is 0 Å². The van der Waals surface area contributed by atoms with E-state index in [4.69, 9.17) is 4.84 Å². The van der Waals surface area contributed by atoms with Crippen molar-refractivity contribution in [3.8, 4) is 5.75 Å². The molecule has 1 aliphatic heterocycles. The van der Waals surface area contributed by atoms with Crippen molar-refractivity contribution in [2.24, 2.45) is 0 Å². The molecule has 3 heteroatoms.